The van der Waals surface area contributed by atoms with E-state index in [1.54, 1.807) is 25.1 Å². The summed E-state index contributed by atoms with van der Waals surface area (Å²) in [5.74, 6) is -0.669. The number of carbonyl (C=O) groups excluding carboxylic acids is 1. The van der Waals surface area contributed by atoms with Gasteiger partial charge in [0, 0.05) is 11.4 Å². The molecule has 2 N–H and O–H groups in total. The molecule has 1 atom stereocenters. The van der Waals surface area contributed by atoms with Gasteiger partial charge in [0.15, 0.2) is 0 Å². The molecule has 0 bridgehead atoms. The van der Waals surface area contributed by atoms with Crippen molar-refractivity contribution < 1.29 is 19.4 Å². The Labute approximate surface area is 129 Å². The maximum absolute atomic E-state index is 12.1. The van der Waals surface area contributed by atoms with E-state index in [-0.39, 0.29) is 18.7 Å². The summed E-state index contributed by atoms with van der Waals surface area (Å²) in [5, 5.41) is 12.1. The molecule has 0 saturated carbocycles. The highest BCUT2D eigenvalue weighted by Gasteiger charge is 2.28. The average molecular weight is 314 g/mol. The van der Waals surface area contributed by atoms with Crippen LogP contribution >= 0.6 is 11.6 Å². The zero-order valence-corrected chi connectivity index (χ0v) is 13.2. The van der Waals surface area contributed by atoms with Gasteiger partial charge in [0.2, 0.25) is 5.91 Å². The summed E-state index contributed by atoms with van der Waals surface area (Å²) in [6.07, 6.45) is 0.661. The molecule has 0 aliphatic rings. The van der Waals surface area contributed by atoms with Crippen molar-refractivity contribution in [2.45, 2.75) is 33.1 Å². The van der Waals surface area contributed by atoms with Gasteiger partial charge in [-0.2, -0.15) is 0 Å². The topological polar surface area (TPSA) is 75.6 Å². The molecule has 0 fully saturated rings. The van der Waals surface area contributed by atoms with Crippen LogP contribution in [0.5, 0.6) is 5.75 Å². The lowest BCUT2D eigenvalue weighted by Gasteiger charge is -2.25. The number of anilines is 1. The largest absolute Gasteiger partial charge is 0.495 e. The van der Waals surface area contributed by atoms with E-state index >= 15 is 0 Å². The normalized spacial score (nSPS) is 13.3. The van der Waals surface area contributed by atoms with Crippen molar-refractivity contribution in [1.82, 2.24) is 0 Å². The molecule has 0 saturated heterocycles. The number of halogens is 1. The third-order valence-corrected chi connectivity index (χ3v) is 3.69. The Morgan fingerprint density at radius 3 is 2.57 bits per heavy atom. The number of nitrogens with one attached hydrogen (secondary N) is 1. The number of hydrogen-bond acceptors (Lipinski definition) is 3. The standard InChI is InChI=1S/C15H20ClNO4/c1-4-15(2,9-14(19)20)8-13(18)17-11-7-10(16)5-6-12(11)21-3/h5-7H,4,8-9H2,1-3H3,(H,17,18)(H,19,20). The second kappa shape index (κ2) is 7.31. The molecule has 0 aromatic heterocycles. The van der Waals surface area contributed by atoms with Crippen LogP contribution in [-0.2, 0) is 9.59 Å². The number of aliphatic carboxylic acids is 1. The van der Waals surface area contributed by atoms with Gasteiger partial charge in [-0.3, -0.25) is 9.59 Å². The van der Waals surface area contributed by atoms with Gasteiger partial charge in [0.25, 0.3) is 0 Å². The molecule has 6 heteroatoms. The van der Waals surface area contributed by atoms with Crippen molar-refractivity contribution in [2.24, 2.45) is 5.41 Å². The molecule has 116 valence electrons. The molecule has 1 unspecified atom stereocenters. The fraction of sp³-hybridized carbons (Fsp3) is 0.467. The van der Waals surface area contributed by atoms with Crippen LogP contribution in [0.25, 0.3) is 0 Å². The van der Waals surface area contributed by atoms with Gasteiger partial charge in [-0.1, -0.05) is 25.4 Å². The Morgan fingerprint density at radius 1 is 1.38 bits per heavy atom. The van der Waals surface area contributed by atoms with Crippen LogP contribution in [0.4, 0.5) is 5.69 Å². The van der Waals surface area contributed by atoms with E-state index in [0.29, 0.717) is 22.9 Å². The molecule has 0 spiro atoms. The van der Waals surface area contributed by atoms with Crippen molar-refractivity contribution in [3.8, 4) is 5.75 Å². The Hall–Kier alpha value is -1.75. The van der Waals surface area contributed by atoms with E-state index in [9.17, 15) is 9.59 Å². The second-order valence-electron chi connectivity index (χ2n) is 5.30. The number of methoxy groups -OCH3 is 1. The molecular weight excluding hydrogens is 294 g/mol. The molecule has 1 aromatic carbocycles. The first-order valence-electron chi connectivity index (χ1n) is 6.65. The molecule has 0 radical (unpaired) electrons. The number of carbonyl (C=O) groups is 2. The summed E-state index contributed by atoms with van der Waals surface area (Å²) in [7, 11) is 1.50. The summed E-state index contributed by atoms with van der Waals surface area (Å²) in [4.78, 5) is 23.0. The highest BCUT2D eigenvalue weighted by atomic mass is 35.5. The van der Waals surface area contributed by atoms with Crippen LogP contribution in [0, 0.1) is 5.41 Å². The van der Waals surface area contributed by atoms with Gasteiger partial charge in [-0.05, 0) is 30.0 Å². The van der Waals surface area contributed by atoms with Gasteiger partial charge in [0.1, 0.15) is 5.75 Å². The van der Waals surface area contributed by atoms with E-state index in [2.05, 4.69) is 5.32 Å². The SMILES string of the molecule is CCC(C)(CC(=O)O)CC(=O)Nc1cc(Cl)ccc1OC. The lowest BCUT2D eigenvalue weighted by atomic mass is 9.80. The zero-order chi connectivity index (χ0) is 16.0. The quantitative estimate of drug-likeness (QED) is 0.807. The first-order valence-corrected chi connectivity index (χ1v) is 7.02. The maximum atomic E-state index is 12.1. The minimum Gasteiger partial charge on any atom is -0.495 e. The van der Waals surface area contributed by atoms with Crippen LogP contribution in [0.2, 0.25) is 5.02 Å². The van der Waals surface area contributed by atoms with E-state index in [0.717, 1.165) is 0 Å². The summed E-state index contributed by atoms with van der Waals surface area (Å²) in [6.45, 7) is 3.66. The van der Waals surface area contributed by atoms with E-state index in [1.807, 2.05) is 6.92 Å². The van der Waals surface area contributed by atoms with Gasteiger partial charge in [0.05, 0.1) is 19.2 Å². The second-order valence-corrected chi connectivity index (χ2v) is 5.74. The lowest BCUT2D eigenvalue weighted by Crippen LogP contribution is -2.27. The first kappa shape index (κ1) is 17.3. The van der Waals surface area contributed by atoms with Gasteiger partial charge in [-0.15, -0.1) is 0 Å². The van der Waals surface area contributed by atoms with Crippen LogP contribution in [0.3, 0.4) is 0 Å². The predicted octanol–water partition coefficient (Wildman–Crippen LogP) is 3.57. The van der Waals surface area contributed by atoms with Crippen molar-refractivity contribution in [2.75, 3.05) is 12.4 Å². The molecule has 5 nitrogen and oxygen atoms in total. The molecule has 0 heterocycles. The van der Waals surface area contributed by atoms with E-state index in [1.165, 1.54) is 7.11 Å². The summed E-state index contributed by atoms with van der Waals surface area (Å²) in [5.41, 5.74) is -0.106. The first-order chi connectivity index (χ1) is 9.79. The van der Waals surface area contributed by atoms with Gasteiger partial charge in [-0.25, -0.2) is 0 Å². The molecule has 1 amide bonds. The summed E-state index contributed by atoms with van der Waals surface area (Å²) in [6, 6.07) is 4.92. The third kappa shape index (κ3) is 5.27. The third-order valence-electron chi connectivity index (χ3n) is 3.45. The molecule has 0 aliphatic carbocycles. The number of hydrogen-bond donors (Lipinski definition) is 2. The Kier molecular flexibility index (Phi) is 6.03. The predicted molar refractivity (Wildman–Crippen MR) is 81.9 cm³/mol. The Bertz CT molecular complexity index is 532. The number of amides is 1. The minimum atomic E-state index is -0.910. The van der Waals surface area contributed by atoms with Crippen LogP contribution in [0.15, 0.2) is 18.2 Å². The molecule has 1 aromatic rings. The van der Waals surface area contributed by atoms with Crippen LogP contribution in [-0.4, -0.2) is 24.1 Å². The van der Waals surface area contributed by atoms with Gasteiger partial charge >= 0.3 is 5.97 Å². The fourth-order valence-corrected chi connectivity index (χ4v) is 2.21. The van der Waals surface area contributed by atoms with Crippen molar-refractivity contribution in [3.63, 3.8) is 0 Å². The fourth-order valence-electron chi connectivity index (χ4n) is 2.04. The number of ether oxygens (including phenoxy) is 1. The Balaban J connectivity index is 2.81. The lowest BCUT2D eigenvalue weighted by molar-refractivity contribution is -0.140. The highest BCUT2D eigenvalue weighted by molar-refractivity contribution is 6.31. The van der Waals surface area contributed by atoms with Crippen LogP contribution < -0.4 is 10.1 Å². The van der Waals surface area contributed by atoms with Crippen molar-refractivity contribution in [1.29, 1.82) is 0 Å². The van der Waals surface area contributed by atoms with Gasteiger partial charge < -0.3 is 15.2 Å². The zero-order valence-electron chi connectivity index (χ0n) is 12.4. The summed E-state index contributed by atoms with van der Waals surface area (Å²) >= 11 is 5.90. The van der Waals surface area contributed by atoms with Crippen molar-refractivity contribution in [3.05, 3.63) is 23.2 Å². The monoisotopic (exact) mass is 313 g/mol. The van der Waals surface area contributed by atoms with Crippen molar-refractivity contribution >= 4 is 29.2 Å². The number of rotatable bonds is 7. The average Bonchev–Trinajstić information content (AvgIpc) is 2.37. The minimum absolute atomic E-state index is 0.0520. The smallest absolute Gasteiger partial charge is 0.303 e. The molecule has 1 rings (SSSR count). The summed E-state index contributed by atoms with van der Waals surface area (Å²) < 4.78 is 5.15. The molecular formula is C15H20ClNO4. The van der Waals surface area contributed by atoms with E-state index < -0.39 is 11.4 Å². The number of benzene rings is 1. The maximum Gasteiger partial charge on any atom is 0.303 e. The number of carboxylic acid groups (broad SMARTS) is 1. The highest BCUT2D eigenvalue weighted by Crippen LogP contribution is 2.32. The Morgan fingerprint density at radius 2 is 2.05 bits per heavy atom. The van der Waals surface area contributed by atoms with E-state index in [4.69, 9.17) is 21.4 Å². The molecule has 21 heavy (non-hydrogen) atoms. The molecule has 0 aliphatic heterocycles. The van der Waals surface area contributed by atoms with Crippen LogP contribution in [0.1, 0.15) is 33.1 Å². The number of carboxylic acids is 1.